The van der Waals surface area contributed by atoms with E-state index in [0.29, 0.717) is 6.54 Å². The summed E-state index contributed by atoms with van der Waals surface area (Å²) in [5.41, 5.74) is 0. The second-order valence-electron chi connectivity index (χ2n) is 4.62. The molecule has 0 bridgehead atoms. The maximum absolute atomic E-state index is 9.80. The van der Waals surface area contributed by atoms with Crippen LogP contribution in [0, 0.1) is 0 Å². The molecule has 5 heteroatoms. The van der Waals surface area contributed by atoms with Gasteiger partial charge in [0.1, 0.15) is 0 Å². The first-order valence-electron chi connectivity index (χ1n) is 6.48. The number of aliphatic imine (C=N–C) groups is 1. The smallest absolute Gasteiger partial charge is 0.211 e. The van der Waals surface area contributed by atoms with Crippen molar-refractivity contribution in [2.24, 2.45) is 4.99 Å². The van der Waals surface area contributed by atoms with Crippen molar-refractivity contribution in [1.29, 1.82) is 0 Å². The molecule has 0 aliphatic rings. The predicted molar refractivity (Wildman–Crippen MR) is 78.1 cm³/mol. The molecule has 0 spiro atoms. The van der Waals surface area contributed by atoms with Crippen LogP contribution in [0.4, 0.5) is 0 Å². The highest BCUT2D eigenvalue weighted by Crippen LogP contribution is 2.23. The van der Waals surface area contributed by atoms with Crippen molar-refractivity contribution in [3.8, 4) is 0 Å². The van der Waals surface area contributed by atoms with Gasteiger partial charge in [0.25, 0.3) is 0 Å². The molecule has 0 atom stereocenters. The molecule has 0 radical (unpaired) electrons. The average Bonchev–Trinajstić information content (AvgIpc) is 2.24. The third kappa shape index (κ3) is 16.2. The van der Waals surface area contributed by atoms with Gasteiger partial charge in [-0.1, -0.05) is 44.9 Å². The standard InChI is InChI=1S/C12H23Cl2NOSi/c1-17(13,14)11-9-7-5-3-2-4-6-8-10-15-12-16/h2-11H2,1H3. The Balaban J connectivity index is 3.06. The number of rotatable bonds is 11. The molecule has 0 fully saturated rings. The van der Waals surface area contributed by atoms with E-state index in [1.165, 1.54) is 44.9 Å². The van der Waals surface area contributed by atoms with Crippen LogP contribution in [0.2, 0.25) is 12.6 Å². The van der Waals surface area contributed by atoms with E-state index in [4.69, 9.17) is 22.2 Å². The Morgan fingerprint density at radius 3 is 1.88 bits per heavy atom. The van der Waals surface area contributed by atoms with Crippen LogP contribution in [0.3, 0.4) is 0 Å². The van der Waals surface area contributed by atoms with E-state index in [1.54, 1.807) is 6.08 Å². The first-order chi connectivity index (χ1) is 8.06. The quantitative estimate of drug-likeness (QED) is 0.173. The lowest BCUT2D eigenvalue weighted by atomic mass is 10.1. The summed E-state index contributed by atoms with van der Waals surface area (Å²) in [6.07, 6.45) is 11.3. The SMILES string of the molecule is C[Si](Cl)(Cl)CCCCCCCCCCN=C=O. The number of unbranched alkanes of at least 4 members (excludes halogenated alkanes) is 7. The fraction of sp³-hybridized carbons (Fsp3) is 0.917. The van der Waals surface area contributed by atoms with Gasteiger partial charge >= 0.3 is 0 Å². The molecule has 0 saturated heterocycles. The molecular weight excluding hydrogens is 273 g/mol. The van der Waals surface area contributed by atoms with Crippen molar-refractivity contribution < 1.29 is 4.79 Å². The van der Waals surface area contributed by atoms with Crippen LogP contribution >= 0.6 is 22.2 Å². The Morgan fingerprint density at radius 2 is 1.41 bits per heavy atom. The molecule has 0 aliphatic carbocycles. The highest BCUT2D eigenvalue weighted by molar-refractivity contribution is 7.44. The highest BCUT2D eigenvalue weighted by Gasteiger charge is 2.19. The van der Waals surface area contributed by atoms with E-state index in [9.17, 15) is 4.79 Å². The average molecular weight is 296 g/mol. The molecule has 0 heterocycles. The molecule has 2 nitrogen and oxygen atoms in total. The molecule has 0 aromatic rings. The lowest BCUT2D eigenvalue weighted by Crippen LogP contribution is -2.11. The van der Waals surface area contributed by atoms with Crippen LogP contribution in [-0.4, -0.2) is 19.3 Å². The van der Waals surface area contributed by atoms with Crippen LogP contribution in [0.1, 0.15) is 51.4 Å². The van der Waals surface area contributed by atoms with E-state index < -0.39 is 6.69 Å². The summed E-state index contributed by atoms with van der Waals surface area (Å²) in [7, 11) is 0. The van der Waals surface area contributed by atoms with Crippen molar-refractivity contribution >= 4 is 34.9 Å². The predicted octanol–water partition coefficient (Wildman–Crippen LogP) is 4.99. The van der Waals surface area contributed by atoms with E-state index >= 15 is 0 Å². The van der Waals surface area contributed by atoms with Gasteiger partial charge in [-0.3, -0.25) is 0 Å². The lowest BCUT2D eigenvalue weighted by molar-refractivity contribution is 0.558. The first kappa shape index (κ1) is 17.2. The minimum Gasteiger partial charge on any atom is -0.211 e. The third-order valence-corrected chi connectivity index (χ3v) is 5.07. The van der Waals surface area contributed by atoms with Crippen molar-refractivity contribution in [3.05, 3.63) is 0 Å². The van der Waals surface area contributed by atoms with E-state index in [1.807, 2.05) is 6.55 Å². The zero-order valence-corrected chi connectivity index (χ0v) is 13.2. The maximum Gasteiger partial charge on any atom is 0.248 e. The molecule has 17 heavy (non-hydrogen) atoms. The van der Waals surface area contributed by atoms with Gasteiger partial charge in [0.05, 0.1) is 6.54 Å². The second-order valence-corrected chi connectivity index (χ2v) is 12.8. The maximum atomic E-state index is 9.80. The van der Waals surface area contributed by atoms with Gasteiger partial charge in [-0.15, -0.1) is 22.2 Å². The van der Waals surface area contributed by atoms with Crippen LogP contribution in [0.25, 0.3) is 0 Å². The number of hydrogen-bond donors (Lipinski definition) is 0. The van der Waals surface area contributed by atoms with Crippen LogP contribution in [0.5, 0.6) is 0 Å². The number of nitrogens with zero attached hydrogens (tertiary/aromatic N) is 1. The molecule has 0 rings (SSSR count). The molecule has 0 aromatic heterocycles. The summed E-state index contributed by atoms with van der Waals surface area (Å²) in [4.78, 5) is 13.3. The fourth-order valence-corrected chi connectivity index (χ4v) is 3.41. The van der Waals surface area contributed by atoms with E-state index in [-0.39, 0.29) is 0 Å². The van der Waals surface area contributed by atoms with E-state index in [0.717, 1.165) is 12.5 Å². The van der Waals surface area contributed by atoms with Crippen molar-refractivity contribution in [2.45, 2.75) is 64.0 Å². The van der Waals surface area contributed by atoms with Crippen LogP contribution in [-0.2, 0) is 4.79 Å². The molecule has 0 aromatic carbocycles. The third-order valence-electron chi connectivity index (χ3n) is 2.70. The van der Waals surface area contributed by atoms with Gasteiger partial charge < -0.3 is 0 Å². The monoisotopic (exact) mass is 295 g/mol. The largest absolute Gasteiger partial charge is 0.248 e. The van der Waals surface area contributed by atoms with Crippen molar-refractivity contribution in [2.75, 3.05) is 6.54 Å². The summed E-state index contributed by atoms with van der Waals surface area (Å²) in [5.74, 6) is 0. The van der Waals surface area contributed by atoms with Gasteiger partial charge in [0.15, 0.2) is 0 Å². The molecular formula is C12H23Cl2NOSi. The van der Waals surface area contributed by atoms with Gasteiger partial charge in [-0.2, -0.15) is 0 Å². The topological polar surface area (TPSA) is 29.4 Å². The Labute approximate surface area is 115 Å². The number of carbonyl (C=O) groups excluding carboxylic acids is 1. The molecule has 0 N–H and O–H groups in total. The number of isocyanates is 1. The zero-order chi connectivity index (χ0) is 13.0. The van der Waals surface area contributed by atoms with Gasteiger partial charge in [0.2, 0.25) is 12.8 Å². The number of hydrogen-bond acceptors (Lipinski definition) is 2. The van der Waals surface area contributed by atoms with Crippen LogP contribution in [0.15, 0.2) is 4.99 Å². The minimum absolute atomic E-state index is 0.637. The normalized spacial score (nSPS) is 11.2. The van der Waals surface area contributed by atoms with Crippen molar-refractivity contribution in [1.82, 2.24) is 0 Å². The van der Waals surface area contributed by atoms with Gasteiger partial charge in [-0.05, 0) is 19.0 Å². The molecule has 0 unspecified atom stereocenters. The lowest BCUT2D eigenvalue weighted by Gasteiger charge is -2.08. The Bertz CT molecular complexity index is 225. The Kier molecular flexibility index (Phi) is 11.4. The number of halogens is 2. The summed E-state index contributed by atoms with van der Waals surface area (Å²) in [6.45, 7) is 0.772. The summed E-state index contributed by atoms with van der Waals surface area (Å²) < 4.78 is 0. The Hall–Kier alpha value is 0.177. The summed E-state index contributed by atoms with van der Waals surface area (Å²) in [5, 5.41) is 0. The molecule has 100 valence electrons. The van der Waals surface area contributed by atoms with Crippen LogP contribution < -0.4 is 0 Å². The molecule has 0 amide bonds. The van der Waals surface area contributed by atoms with E-state index in [2.05, 4.69) is 4.99 Å². The first-order valence-corrected chi connectivity index (χ1v) is 11.2. The summed E-state index contributed by atoms with van der Waals surface area (Å²) in [6, 6.07) is 1.01. The molecule has 0 saturated carbocycles. The second kappa shape index (κ2) is 11.3. The highest BCUT2D eigenvalue weighted by atomic mass is 35.7. The van der Waals surface area contributed by atoms with Gasteiger partial charge in [-0.25, -0.2) is 9.79 Å². The zero-order valence-electron chi connectivity index (χ0n) is 10.7. The summed E-state index contributed by atoms with van der Waals surface area (Å²) >= 11 is 12.0. The minimum atomic E-state index is -1.85. The van der Waals surface area contributed by atoms with Gasteiger partial charge in [0, 0.05) is 0 Å². The fourth-order valence-electron chi connectivity index (χ4n) is 1.73. The molecule has 0 aliphatic heterocycles. The van der Waals surface area contributed by atoms with Crippen molar-refractivity contribution in [3.63, 3.8) is 0 Å². The Morgan fingerprint density at radius 1 is 0.941 bits per heavy atom.